The molecule has 1 aromatic carbocycles. The number of ether oxygens (including phenoxy) is 1. The molecule has 0 saturated carbocycles. The standard InChI is InChI=1S/C19H29NO3/c1-4-17(23-16-8-6-7-15(3)13-16)18(22)20-11-9-19(5-2,14-21)10-12-20/h6-8,13,17,21H,4-5,9-12,14H2,1-3H3. The number of hydrogen-bond donors (Lipinski definition) is 1. The molecule has 4 heteroatoms. The van der Waals surface area contributed by atoms with Crippen LogP contribution in [0, 0.1) is 12.3 Å². The molecule has 0 aromatic heterocycles. The molecule has 1 aromatic rings. The van der Waals surface area contributed by atoms with Crippen LogP contribution in [0.2, 0.25) is 0 Å². The third-order valence-corrected chi connectivity index (χ3v) is 5.14. The van der Waals surface area contributed by atoms with Crippen molar-refractivity contribution in [2.45, 2.75) is 52.6 Å². The van der Waals surface area contributed by atoms with Crippen LogP contribution in [0.15, 0.2) is 24.3 Å². The maximum Gasteiger partial charge on any atom is 0.263 e. The maximum absolute atomic E-state index is 12.7. The van der Waals surface area contributed by atoms with Crippen LogP contribution in [-0.2, 0) is 4.79 Å². The molecule has 1 aliphatic heterocycles. The molecular formula is C19H29NO3. The molecular weight excluding hydrogens is 290 g/mol. The van der Waals surface area contributed by atoms with Crippen LogP contribution in [0.3, 0.4) is 0 Å². The quantitative estimate of drug-likeness (QED) is 0.876. The highest BCUT2D eigenvalue weighted by Gasteiger charge is 2.35. The molecule has 0 radical (unpaired) electrons. The van der Waals surface area contributed by atoms with E-state index in [2.05, 4.69) is 6.92 Å². The molecule has 1 aliphatic rings. The van der Waals surface area contributed by atoms with Gasteiger partial charge in [-0.25, -0.2) is 0 Å². The molecule has 23 heavy (non-hydrogen) atoms. The molecule has 0 aliphatic carbocycles. The number of piperidine rings is 1. The topological polar surface area (TPSA) is 49.8 Å². The van der Waals surface area contributed by atoms with Gasteiger partial charge in [0, 0.05) is 19.7 Å². The van der Waals surface area contributed by atoms with E-state index in [0.29, 0.717) is 19.5 Å². The van der Waals surface area contributed by atoms with Crippen molar-refractivity contribution >= 4 is 5.91 Å². The number of likely N-dealkylation sites (tertiary alicyclic amines) is 1. The Labute approximate surface area is 139 Å². The summed E-state index contributed by atoms with van der Waals surface area (Å²) in [5, 5.41) is 9.61. The van der Waals surface area contributed by atoms with Crippen LogP contribution < -0.4 is 4.74 Å². The van der Waals surface area contributed by atoms with E-state index in [4.69, 9.17) is 4.74 Å². The lowest BCUT2D eigenvalue weighted by molar-refractivity contribution is -0.141. The number of hydrogen-bond acceptors (Lipinski definition) is 3. The van der Waals surface area contributed by atoms with E-state index in [1.165, 1.54) is 0 Å². The van der Waals surface area contributed by atoms with Gasteiger partial charge in [-0.1, -0.05) is 26.0 Å². The number of aliphatic hydroxyl groups excluding tert-OH is 1. The van der Waals surface area contributed by atoms with Crippen molar-refractivity contribution < 1.29 is 14.6 Å². The predicted molar refractivity (Wildman–Crippen MR) is 91.5 cm³/mol. The first kappa shape index (κ1) is 17.8. The zero-order valence-electron chi connectivity index (χ0n) is 14.5. The van der Waals surface area contributed by atoms with Gasteiger partial charge in [-0.2, -0.15) is 0 Å². The predicted octanol–water partition coefficient (Wildman–Crippen LogP) is 3.16. The van der Waals surface area contributed by atoms with Gasteiger partial charge in [-0.3, -0.25) is 4.79 Å². The van der Waals surface area contributed by atoms with Gasteiger partial charge in [0.1, 0.15) is 5.75 Å². The van der Waals surface area contributed by atoms with Gasteiger partial charge in [-0.15, -0.1) is 0 Å². The molecule has 1 N–H and O–H groups in total. The van der Waals surface area contributed by atoms with Crippen molar-refractivity contribution in [2.24, 2.45) is 5.41 Å². The lowest BCUT2D eigenvalue weighted by Crippen LogP contribution is -2.49. The summed E-state index contributed by atoms with van der Waals surface area (Å²) in [5.41, 5.74) is 1.12. The Morgan fingerprint density at radius 3 is 2.57 bits per heavy atom. The van der Waals surface area contributed by atoms with Gasteiger partial charge in [0.2, 0.25) is 0 Å². The first-order valence-corrected chi connectivity index (χ1v) is 8.66. The fraction of sp³-hybridized carbons (Fsp3) is 0.632. The molecule has 1 amide bonds. The molecule has 2 rings (SSSR count). The Hall–Kier alpha value is -1.55. The van der Waals surface area contributed by atoms with Gasteiger partial charge >= 0.3 is 0 Å². The van der Waals surface area contributed by atoms with Crippen LogP contribution in [-0.4, -0.2) is 41.7 Å². The van der Waals surface area contributed by atoms with Crippen LogP contribution in [0.4, 0.5) is 0 Å². The van der Waals surface area contributed by atoms with E-state index in [1.54, 1.807) is 0 Å². The molecule has 1 fully saturated rings. The molecule has 4 nitrogen and oxygen atoms in total. The second kappa shape index (κ2) is 7.82. The Balaban J connectivity index is 1.98. The summed E-state index contributed by atoms with van der Waals surface area (Å²) in [6.07, 6.45) is 2.92. The Morgan fingerprint density at radius 1 is 1.35 bits per heavy atom. The summed E-state index contributed by atoms with van der Waals surface area (Å²) in [6, 6.07) is 7.81. The average molecular weight is 319 g/mol. The van der Waals surface area contributed by atoms with Gasteiger partial charge in [0.15, 0.2) is 6.10 Å². The Morgan fingerprint density at radius 2 is 2.04 bits per heavy atom. The van der Waals surface area contributed by atoms with E-state index < -0.39 is 6.10 Å². The summed E-state index contributed by atoms with van der Waals surface area (Å²) in [4.78, 5) is 14.6. The van der Waals surface area contributed by atoms with Crippen molar-refractivity contribution in [3.63, 3.8) is 0 Å². The molecule has 1 heterocycles. The molecule has 1 atom stereocenters. The van der Waals surface area contributed by atoms with E-state index in [9.17, 15) is 9.90 Å². The number of carbonyl (C=O) groups excluding carboxylic acids is 1. The normalized spacial score (nSPS) is 18.5. The molecule has 128 valence electrons. The number of amides is 1. The lowest BCUT2D eigenvalue weighted by Gasteiger charge is -2.41. The van der Waals surface area contributed by atoms with E-state index in [-0.39, 0.29) is 17.9 Å². The number of benzene rings is 1. The first-order chi connectivity index (χ1) is 11.0. The zero-order valence-corrected chi connectivity index (χ0v) is 14.5. The monoisotopic (exact) mass is 319 g/mol. The molecule has 1 unspecified atom stereocenters. The second-order valence-corrected chi connectivity index (χ2v) is 6.67. The summed E-state index contributed by atoms with van der Waals surface area (Å²) in [7, 11) is 0. The molecule has 1 saturated heterocycles. The van der Waals surface area contributed by atoms with Crippen LogP contribution in [0.25, 0.3) is 0 Å². The SMILES string of the molecule is CCC(Oc1cccc(C)c1)C(=O)N1CCC(CC)(CO)CC1. The van der Waals surface area contributed by atoms with Crippen LogP contribution >= 0.6 is 0 Å². The van der Waals surface area contributed by atoms with Crippen molar-refractivity contribution in [1.29, 1.82) is 0 Å². The third-order valence-electron chi connectivity index (χ3n) is 5.14. The zero-order chi connectivity index (χ0) is 16.9. The summed E-state index contributed by atoms with van der Waals surface area (Å²) < 4.78 is 5.92. The van der Waals surface area contributed by atoms with Gasteiger partial charge in [0.05, 0.1) is 0 Å². The number of carbonyl (C=O) groups is 1. The fourth-order valence-electron chi connectivity index (χ4n) is 3.19. The number of aliphatic hydroxyl groups is 1. The average Bonchev–Trinajstić information content (AvgIpc) is 2.59. The Kier molecular flexibility index (Phi) is 6.05. The highest BCUT2D eigenvalue weighted by Crippen LogP contribution is 2.34. The minimum atomic E-state index is -0.431. The van der Waals surface area contributed by atoms with Crippen molar-refractivity contribution in [3.8, 4) is 5.75 Å². The number of rotatable bonds is 6. The first-order valence-electron chi connectivity index (χ1n) is 8.66. The fourth-order valence-corrected chi connectivity index (χ4v) is 3.19. The van der Waals surface area contributed by atoms with E-state index in [1.807, 2.05) is 43.0 Å². The van der Waals surface area contributed by atoms with Crippen molar-refractivity contribution in [3.05, 3.63) is 29.8 Å². The third kappa shape index (κ3) is 4.25. The summed E-state index contributed by atoms with van der Waals surface area (Å²) in [5.74, 6) is 0.817. The minimum absolute atomic E-state index is 0.00408. The van der Waals surface area contributed by atoms with E-state index in [0.717, 1.165) is 30.6 Å². The Bertz CT molecular complexity index is 515. The van der Waals surface area contributed by atoms with Crippen LogP contribution in [0.5, 0.6) is 5.75 Å². The van der Waals surface area contributed by atoms with Gasteiger partial charge in [-0.05, 0) is 55.7 Å². The molecule has 0 spiro atoms. The summed E-state index contributed by atoms with van der Waals surface area (Å²) in [6.45, 7) is 7.74. The van der Waals surface area contributed by atoms with Gasteiger partial charge < -0.3 is 14.7 Å². The minimum Gasteiger partial charge on any atom is -0.481 e. The lowest BCUT2D eigenvalue weighted by atomic mass is 9.77. The number of nitrogens with zero attached hydrogens (tertiary/aromatic N) is 1. The van der Waals surface area contributed by atoms with Gasteiger partial charge in [0.25, 0.3) is 5.91 Å². The second-order valence-electron chi connectivity index (χ2n) is 6.67. The van der Waals surface area contributed by atoms with Crippen LogP contribution in [0.1, 0.15) is 45.1 Å². The highest BCUT2D eigenvalue weighted by atomic mass is 16.5. The maximum atomic E-state index is 12.7. The molecule has 0 bridgehead atoms. The number of aryl methyl sites for hydroxylation is 1. The smallest absolute Gasteiger partial charge is 0.263 e. The van der Waals surface area contributed by atoms with Crippen molar-refractivity contribution in [1.82, 2.24) is 4.90 Å². The summed E-state index contributed by atoms with van der Waals surface area (Å²) >= 11 is 0. The van der Waals surface area contributed by atoms with E-state index >= 15 is 0 Å². The largest absolute Gasteiger partial charge is 0.481 e. The highest BCUT2D eigenvalue weighted by molar-refractivity contribution is 5.81. The van der Waals surface area contributed by atoms with Crippen molar-refractivity contribution in [2.75, 3.05) is 19.7 Å².